The Morgan fingerprint density at radius 2 is 1.76 bits per heavy atom. The Labute approximate surface area is 188 Å². The maximum absolute atomic E-state index is 13.0. The van der Waals surface area contributed by atoms with E-state index in [0.29, 0.717) is 35.5 Å². The first-order chi connectivity index (χ1) is 15.8. The number of rotatable bonds is 6. The molecule has 0 aliphatic heterocycles. The number of nitrogens with zero attached hydrogens (tertiary/aromatic N) is 3. The van der Waals surface area contributed by atoms with Gasteiger partial charge in [0.25, 0.3) is 5.91 Å². The van der Waals surface area contributed by atoms with Crippen molar-refractivity contribution >= 4 is 5.91 Å². The van der Waals surface area contributed by atoms with Crippen molar-refractivity contribution in [2.75, 3.05) is 13.6 Å². The van der Waals surface area contributed by atoms with Crippen molar-refractivity contribution in [2.45, 2.75) is 12.6 Å². The van der Waals surface area contributed by atoms with Gasteiger partial charge in [-0.3, -0.25) is 14.9 Å². The molecule has 0 aliphatic carbocycles. The van der Waals surface area contributed by atoms with E-state index in [2.05, 4.69) is 15.2 Å². The molecule has 0 unspecified atom stereocenters. The summed E-state index contributed by atoms with van der Waals surface area (Å²) in [5.41, 5.74) is 2.93. The summed E-state index contributed by atoms with van der Waals surface area (Å²) in [4.78, 5) is 18.6. The van der Waals surface area contributed by atoms with Gasteiger partial charge in [0.1, 0.15) is 0 Å². The molecule has 8 heteroatoms. The fraction of sp³-hybridized carbons (Fsp3) is 0.160. The lowest BCUT2D eigenvalue weighted by Crippen LogP contribution is -2.28. The molecular formula is C25H21F3N4O. The van der Waals surface area contributed by atoms with Crippen molar-refractivity contribution in [3.05, 3.63) is 95.8 Å². The maximum Gasteiger partial charge on any atom is 0.416 e. The van der Waals surface area contributed by atoms with Crippen LogP contribution in [0.3, 0.4) is 0 Å². The lowest BCUT2D eigenvalue weighted by atomic mass is 10.1. The van der Waals surface area contributed by atoms with Crippen LogP contribution in [-0.4, -0.2) is 39.6 Å². The number of nitrogens with one attached hydrogen (secondary N) is 1. The van der Waals surface area contributed by atoms with Crippen molar-refractivity contribution in [3.63, 3.8) is 0 Å². The second kappa shape index (κ2) is 9.28. The van der Waals surface area contributed by atoms with Gasteiger partial charge in [-0.15, -0.1) is 0 Å². The fourth-order valence-corrected chi connectivity index (χ4v) is 3.41. The minimum atomic E-state index is -4.41. The van der Waals surface area contributed by atoms with Crippen LogP contribution in [0.5, 0.6) is 0 Å². The number of pyridine rings is 1. The Balaban J connectivity index is 1.44. The minimum absolute atomic E-state index is 0.105. The van der Waals surface area contributed by atoms with Crippen LogP contribution in [0, 0.1) is 0 Å². The molecule has 168 valence electrons. The highest BCUT2D eigenvalue weighted by Crippen LogP contribution is 2.32. The van der Waals surface area contributed by atoms with E-state index in [-0.39, 0.29) is 5.91 Å². The average molecular weight is 450 g/mol. The van der Waals surface area contributed by atoms with Gasteiger partial charge in [-0.05, 0) is 48.0 Å². The molecule has 1 amide bonds. The van der Waals surface area contributed by atoms with Crippen molar-refractivity contribution in [1.29, 1.82) is 0 Å². The number of carbonyl (C=O) groups excluding carboxylic acids is 1. The maximum atomic E-state index is 13.0. The molecule has 0 bridgehead atoms. The van der Waals surface area contributed by atoms with E-state index in [4.69, 9.17) is 0 Å². The molecule has 4 rings (SSSR count). The number of benzene rings is 2. The third-order valence-electron chi connectivity index (χ3n) is 5.28. The van der Waals surface area contributed by atoms with Gasteiger partial charge in [0, 0.05) is 43.0 Å². The normalized spacial score (nSPS) is 11.4. The van der Waals surface area contributed by atoms with Gasteiger partial charge < -0.3 is 4.90 Å². The number of H-pyrrole nitrogens is 1. The van der Waals surface area contributed by atoms with E-state index >= 15 is 0 Å². The van der Waals surface area contributed by atoms with Crippen LogP contribution in [0.2, 0.25) is 0 Å². The molecule has 0 radical (unpaired) electrons. The topological polar surface area (TPSA) is 61.9 Å². The SMILES string of the molecule is CN(CCc1ccccn1)C(=O)c1ccc(-c2cc(-c3cccc(C(F)(F)F)c3)n[nH]2)cc1. The summed E-state index contributed by atoms with van der Waals surface area (Å²) in [5.74, 6) is -0.105. The van der Waals surface area contributed by atoms with Crippen LogP contribution in [0.4, 0.5) is 13.2 Å². The van der Waals surface area contributed by atoms with Crippen molar-refractivity contribution in [1.82, 2.24) is 20.1 Å². The van der Waals surface area contributed by atoms with Crippen LogP contribution in [0.25, 0.3) is 22.5 Å². The summed E-state index contributed by atoms with van der Waals surface area (Å²) in [6, 6.07) is 19.4. The van der Waals surface area contributed by atoms with Gasteiger partial charge in [0.2, 0.25) is 0 Å². The zero-order valence-corrected chi connectivity index (χ0v) is 17.8. The van der Waals surface area contributed by atoms with Crippen LogP contribution in [0.15, 0.2) is 79.0 Å². The predicted molar refractivity (Wildman–Crippen MR) is 119 cm³/mol. The standard InChI is InChI=1S/C25H21F3N4O/c1-32(14-12-21-7-2-3-13-29-21)24(33)18-10-8-17(9-11-18)22-16-23(31-30-22)19-5-4-6-20(15-19)25(26,27)28/h2-11,13,15-16H,12,14H2,1H3,(H,30,31). The average Bonchev–Trinajstić information content (AvgIpc) is 3.33. The fourth-order valence-electron chi connectivity index (χ4n) is 3.41. The molecular weight excluding hydrogens is 429 g/mol. The summed E-state index contributed by atoms with van der Waals surface area (Å²) >= 11 is 0. The molecule has 0 spiro atoms. The highest BCUT2D eigenvalue weighted by molar-refractivity contribution is 5.94. The van der Waals surface area contributed by atoms with Crippen LogP contribution < -0.4 is 0 Å². The molecule has 2 heterocycles. The number of likely N-dealkylation sites (N-methyl/N-ethyl adjacent to an activating group) is 1. The van der Waals surface area contributed by atoms with E-state index in [1.165, 1.54) is 6.07 Å². The molecule has 0 saturated heterocycles. The zero-order chi connectivity index (χ0) is 23.4. The van der Waals surface area contributed by atoms with E-state index in [0.717, 1.165) is 23.4 Å². The molecule has 2 aromatic heterocycles. The number of aromatic amines is 1. The smallest absolute Gasteiger partial charge is 0.341 e. The Morgan fingerprint density at radius 1 is 0.970 bits per heavy atom. The van der Waals surface area contributed by atoms with Gasteiger partial charge in [0.15, 0.2) is 0 Å². The molecule has 1 N–H and O–H groups in total. The highest BCUT2D eigenvalue weighted by atomic mass is 19.4. The Bertz CT molecular complexity index is 1230. The minimum Gasteiger partial charge on any atom is -0.341 e. The molecule has 2 aromatic carbocycles. The van der Waals surface area contributed by atoms with Crippen LogP contribution >= 0.6 is 0 Å². The van der Waals surface area contributed by atoms with Gasteiger partial charge in [-0.2, -0.15) is 18.3 Å². The Morgan fingerprint density at radius 3 is 2.45 bits per heavy atom. The van der Waals surface area contributed by atoms with E-state index in [9.17, 15) is 18.0 Å². The lowest BCUT2D eigenvalue weighted by molar-refractivity contribution is -0.137. The van der Waals surface area contributed by atoms with Crippen molar-refractivity contribution in [3.8, 4) is 22.5 Å². The highest BCUT2D eigenvalue weighted by Gasteiger charge is 2.30. The van der Waals surface area contributed by atoms with Crippen molar-refractivity contribution in [2.24, 2.45) is 0 Å². The van der Waals surface area contributed by atoms with E-state index < -0.39 is 11.7 Å². The first-order valence-electron chi connectivity index (χ1n) is 10.3. The van der Waals surface area contributed by atoms with Gasteiger partial charge in [-0.25, -0.2) is 0 Å². The molecule has 0 saturated carbocycles. The van der Waals surface area contributed by atoms with Crippen LogP contribution in [0.1, 0.15) is 21.6 Å². The first-order valence-corrected chi connectivity index (χ1v) is 10.3. The van der Waals surface area contributed by atoms with Gasteiger partial charge >= 0.3 is 6.18 Å². The van der Waals surface area contributed by atoms with Gasteiger partial charge in [0.05, 0.1) is 17.0 Å². The van der Waals surface area contributed by atoms with Crippen LogP contribution in [-0.2, 0) is 12.6 Å². The quantitative estimate of drug-likeness (QED) is 0.424. The number of amides is 1. The summed E-state index contributed by atoms with van der Waals surface area (Å²) < 4.78 is 39.0. The predicted octanol–water partition coefficient (Wildman–Crippen LogP) is 5.47. The molecule has 0 fully saturated rings. The number of aromatic nitrogens is 3. The second-order valence-corrected chi connectivity index (χ2v) is 7.62. The second-order valence-electron chi connectivity index (χ2n) is 7.62. The van der Waals surface area contributed by atoms with Gasteiger partial charge in [-0.1, -0.05) is 30.3 Å². The summed E-state index contributed by atoms with van der Waals surface area (Å²) in [6.07, 6.45) is -2.03. The molecule has 0 atom stereocenters. The van der Waals surface area contributed by atoms with E-state index in [1.54, 1.807) is 54.5 Å². The zero-order valence-electron chi connectivity index (χ0n) is 17.8. The largest absolute Gasteiger partial charge is 0.416 e. The first kappa shape index (κ1) is 22.3. The monoisotopic (exact) mass is 450 g/mol. The van der Waals surface area contributed by atoms with Crippen molar-refractivity contribution < 1.29 is 18.0 Å². The molecule has 33 heavy (non-hydrogen) atoms. The number of alkyl halides is 3. The number of halogens is 3. The molecule has 5 nitrogen and oxygen atoms in total. The Hall–Kier alpha value is -3.94. The molecule has 4 aromatic rings. The van der Waals surface area contributed by atoms with E-state index in [1.807, 2.05) is 18.2 Å². The Kier molecular flexibility index (Phi) is 6.26. The number of hydrogen-bond donors (Lipinski definition) is 1. The number of hydrogen-bond acceptors (Lipinski definition) is 3. The lowest BCUT2D eigenvalue weighted by Gasteiger charge is -2.17. The summed E-state index contributed by atoms with van der Waals surface area (Å²) in [6.45, 7) is 0.540. The molecule has 0 aliphatic rings. The summed E-state index contributed by atoms with van der Waals surface area (Å²) in [7, 11) is 1.75. The third-order valence-corrected chi connectivity index (χ3v) is 5.28. The third kappa shape index (κ3) is 5.28. The number of carbonyl (C=O) groups is 1. The summed E-state index contributed by atoms with van der Waals surface area (Å²) in [5, 5.41) is 7.01.